The van der Waals surface area contributed by atoms with Gasteiger partial charge in [-0.3, -0.25) is 0 Å². The van der Waals surface area contributed by atoms with Gasteiger partial charge in [-0.25, -0.2) is 0 Å². The molecule has 1 saturated heterocycles. The first kappa shape index (κ1) is 52.2. The van der Waals surface area contributed by atoms with Crippen LogP contribution in [0.5, 0.6) is 0 Å². The molecule has 0 nitrogen and oxygen atoms in total. The van der Waals surface area contributed by atoms with Gasteiger partial charge >= 0.3 is 347 Å². The van der Waals surface area contributed by atoms with E-state index in [9.17, 15) is 0 Å². The fourth-order valence-corrected chi connectivity index (χ4v) is 31.9. The Bertz CT molecular complexity index is 588. The van der Waals surface area contributed by atoms with E-state index in [1.54, 1.807) is 93.4 Å². The summed E-state index contributed by atoms with van der Waals surface area (Å²) in [5.41, 5.74) is 0. The van der Waals surface area contributed by atoms with Crippen molar-refractivity contribution in [2.24, 2.45) is 0 Å². The molecule has 0 aromatic carbocycles. The third-order valence-corrected chi connectivity index (χ3v) is 42.5. The number of rotatable bonds is 0. The molecule has 312 valence electrons. The summed E-state index contributed by atoms with van der Waals surface area (Å²) >= 11 is -5.91. The maximum atomic E-state index is 2.74. The Morgan fingerprint density at radius 1 is 0.135 bits per heavy atom. The molecule has 1 aliphatic rings. The van der Waals surface area contributed by atoms with Crippen LogP contribution in [0.3, 0.4) is 0 Å². The van der Waals surface area contributed by atoms with Crippen molar-refractivity contribution in [3.8, 4) is 0 Å². The summed E-state index contributed by atoms with van der Waals surface area (Å²) in [4.78, 5) is 0. The van der Waals surface area contributed by atoms with Gasteiger partial charge in [-0.15, -0.1) is 0 Å². The molecule has 0 N–H and O–H groups in total. The van der Waals surface area contributed by atoms with Crippen LogP contribution in [0.15, 0.2) is 0 Å². The van der Waals surface area contributed by atoms with Crippen molar-refractivity contribution in [1.82, 2.24) is 0 Å². The van der Waals surface area contributed by atoms with E-state index >= 15 is 0 Å². The van der Waals surface area contributed by atoms with Crippen molar-refractivity contribution >= 4 is 53.1 Å². The fourth-order valence-electron chi connectivity index (χ4n) is 9.57. The molecule has 0 amide bonds. The predicted octanol–water partition coefficient (Wildman–Crippen LogP) is 19.3. The number of hydrogen-bond donors (Lipinski definition) is 0. The molecule has 1 fully saturated rings. The second-order valence-corrected chi connectivity index (χ2v) is 66.7. The quantitative estimate of drug-likeness (QED) is 0.212. The van der Waals surface area contributed by atoms with Crippen LogP contribution >= 0.6 is 0 Å². The Balaban J connectivity index is 2.32. The van der Waals surface area contributed by atoms with Crippen LogP contribution in [0.4, 0.5) is 0 Å². The van der Waals surface area contributed by atoms with Gasteiger partial charge in [0.05, 0.1) is 0 Å². The van der Waals surface area contributed by atoms with Gasteiger partial charge in [0, 0.05) is 0 Å². The zero-order chi connectivity index (χ0) is 38.3. The van der Waals surface area contributed by atoms with E-state index < -0.39 is 53.1 Å². The van der Waals surface area contributed by atoms with Gasteiger partial charge in [0.15, 0.2) is 0 Å². The summed E-state index contributed by atoms with van der Waals surface area (Å²) in [6.07, 6.45) is 48.8. The van der Waals surface area contributed by atoms with Crippen LogP contribution in [0.25, 0.3) is 0 Å². The molecule has 1 aliphatic heterocycles. The van der Waals surface area contributed by atoms with Crippen molar-refractivity contribution in [3.05, 3.63) is 0 Å². The second-order valence-electron chi connectivity index (χ2n) is 22.0. The molecule has 0 aliphatic carbocycles. The number of hydrogen-bond acceptors (Lipinski definition) is 0. The molecule has 0 unspecified atom stereocenters. The SMILES string of the molecule is [CH3][Ge]1([CH3])[CH2]CCCCCCCC[CH2][Ge]([CH3])([CH3])[CH2]CCCCCCCC[CH2][Ge]([CH3])([CH3])[CH2]CCCCCCCC[CH2][Ge]([CH3])([CH3])[CH2]CCCCCCCC[CH2]1. The third kappa shape index (κ3) is 35.3. The fraction of sp³-hybridized carbons (Fsp3) is 1.00. The van der Waals surface area contributed by atoms with Crippen LogP contribution in [-0.4, -0.2) is 53.1 Å². The zero-order valence-electron chi connectivity index (χ0n) is 38.3. The van der Waals surface area contributed by atoms with Gasteiger partial charge in [0.25, 0.3) is 0 Å². The molecule has 4 heteroatoms. The average molecular weight is 972 g/mol. The van der Waals surface area contributed by atoms with Crippen LogP contribution < -0.4 is 0 Å². The minimum atomic E-state index is -1.48. The van der Waals surface area contributed by atoms with Crippen molar-refractivity contribution in [2.75, 3.05) is 0 Å². The maximum absolute atomic E-state index is 2.74. The molecule has 1 rings (SSSR count). The summed E-state index contributed by atoms with van der Waals surface area (Å²) in [6, 6.07) is 0. The summed E-state index contributed by atoms with van der Waals surface area (Å²) < 4.78 is 0. The summed E-state index contributed by atoms with van der Waals surface area (Å²) in [5, 5.41) is 13.1. The molecule has 0 aromatic heterocycles. The first-order chi connectivity index (χ1) is 24.8. The summed E-state index contributed by atoms with van der Waals surface area (Å²) in [6.45, 7) is 0. The third-order valence-electron chi connectivity index (χ3n) is 13.8. The van der Waals surface area contributed by atoms with Gasteiger partial charge < -0.3 is 0 Å². The van der Waals surface area contributed by atoms with E-state index in [2.05, 4.69) is 46.0 Å². The van der Waals surface area contributed by atoms with Crippen LogP contribution in [0.2, 0.25) is 88.1 Å². The standard InChI is InChI=1S/C48H104Ge4/c1-49(2)41-33-25-17-9-11-19-27-35-43-50(3,4)45-37-29-21-13-15-23-31-39-47-52(7,8)48-40-32-24-16-14-22-30-38-46-51(5,6)44-36-28-20-12-10-18-26-34-42-49/h9-48H2,1-8H3. The predicted molar refractivity (Wildman–Crippen MR) is 256 cm³/mol. The van der Waals surface area contributed by atoms with Crippen LogP contribution in [0.1, 0.15) is 205 Å². The second kappa shape index (κ2) is 33.1. The van der Waals surface area contributed by atoms with Crippen LogP contribution in [-0.2, 0) is 0 Å². The monoisotopic (exact) mass is 976 g/mol. The van der Waals surface area contributed by atoms with E-state index in [4.69, 9.17) is 0 Å². The average Bonchev–Trinajstić information content (AvgIpc) is 3.07. The van der Waals surface area contributed by atoms with Gasteiger partial charge in [0.1, 0.15) is 0 Å². The zero-order valence-corrected chi connectivity index (χ0v) is 46.7. The van der Waals surface area contributed by atoms with E-state index in [0.717, 1.165) is 0 Å². The van der Waals surface area contributed by atoms with Crippen molar-refractivity contribution < 1.29 is 0 Å². The van der Waals surface area contributed by atoms with E-state index in [0.29, 0.717) is 0 Å². The summed E-state index contributed by atoms with van der Waals surface area (Å²) in [7, 11) is 0. The van der Waals surface area contributed by atoms with Crippen molar-refractivity contribution in [3.63, 3.8) is 0 Å². The van der Waals surface area contributed by atoms with E-state index in [1.807, 2.05) is 0 Å². The van der Waals surface area contributed by atoms with Crippen LogP contribution in [0, 0.1) is 0 Å². The molecular formula is C48H104Ge4. The topological polar surface area (TPSA) is 0 Å². The first-order valence-corrected chi connectivity index (χ1v) is 53.5. The Labute approximate surface area is 343 Å². The first-order valence-electron chi connectivity index (χ1n) is 24.8. The molecule has 52 heavy (non-hydrogen) atoms. The van der Waals surface area contributed by atoms with E-state index in [-0.39, 0.29) is 0 Å². The van der Waals surface area contributed by atoms with Gasteiger partial charge in [-0.1, -0.05) is 0 Å². The van der Waals surface area contributed by atoms with E-state index in [1.165, 1.54) is 154 Å². The molecule has 0 bridgehead atoms. The molecule has 0 saturated carbocycles. The van der Waals surface area contributed by atoms with Gasteiger partial charge in [-0.2, -0.15) is 0 Å². The minimum absolute atomic E-state index is 1.48. The molecule has 0 radical (unpaired) electrons. The van der Waals surface area contributed by atoms with Crippen molar-refractivity contribution in [1.29, 1.82) is 0 Å². The molecule has 1 heterocycles. The Kier molecular flexibility index (Phi) is 33.2. The summed E-state index contributed by atoms with van der Waals surface area (Å²) in [5.74, 6) is 21.9. The van der Waals surface area contributed by atoms with Gasteiger partial charge in [-0.05, 0) is 0 Å². The molecule has 0 spiro atoms. The van der Waals surface area contributed by atoms with Crippen molar-refractivity contribution in [2.45, 2.75) is 294 Å². The molecular weight excluding hydrogens is 867 g/mol. The molecule has 0 aromatic rings. The van der Waals surface area contributed by atoms with Gasteiger partial charge in [0.2, 0.25) is 0 Å². The molecule has 0 atom stereocenters. The Hall–Kier alpha value is 2.17. The Morgan fingerprint density at radius 2 is 0.212 bits per heavy atom. The normalized spacial score (nSPS) is 26.3. The Morgan fingerprint density at radius 3 is 0.308 bits per heavy atom.